The summed E-state index contributed by atoms with van der Waals surface area (Å²) in [6, 6.07) is 9.40. The summed E-state index contributed by atoms with van der Waals surface area (Å²) in [6.07, 6.45) is -0.869. The topological polar surface area (TPSA) is 60.0 Å². The Morgan fingerprint density at radius 1 is 1.11 bits per heavy atom. The first-order valence-corrected chi connectivity index (χ1v) is 5.88. The summed E-state index contributed by atoms with van der Waals surface area (Å²) in [7, 11) is 3.15. The van der Waals surface area contributed by atoms with Gasteiger partial charge in [-0.2, -0.15) is 0 Å². The molecule has 0 amide bonds. The fourth-order valence-corrected chi connectivity index (χ4v) is 1.40. The number of methoxy groups -OCH3 is 2. The van der Waals surface area contributed by atoms with E-state index in [9.17, 15) is 5.11 Å². The van der Waals surface area contributed by atoms with Gasteiger partial charge in [-0.15, -0.1) is 0 Å². The second-order valence-corrected chi connectivity index (χ2v) is 3.84. The smallest absolute Gasteiger partial charge is 0.169 e. The molecule has 0 saturated heterocycles. The summed E-state index contributed by atoms with van der Waals surface area (Å²) < 4.78 is 15.5. The molecule has 0 aliphatic carbocycles. The van der Waals surface area contributed by atoms with Gasteiger partial charge in [0.05, 0.1) is 0 Å². The number of aliphatic hydroxyl groups is 1. The van der Waals surface area contributed by atoms with Crippen molar-refractivity contribution in [1.82, 2.24) is 5.32 Å². The van der Waals surface area contributed by atoms with E-state index in [0.717, 1.165) is 5.75 Å². The predicted molar refractivity (Wildman–Crippen MR) is 68.6 cm³/mol. The van der Waals surface area contributed by atoms with Crippen molar-refractivity contribution in [3.63, 3.8) is 0 Å². The number of aliphatic hydroxyl groups excluding tert-OH is 1. The third kappa shape index (κ3) is 5.97. The van der Waals surface area contributed by atoms with Crippen molar-refractivity contribution in [2.75, 3.05) is 33.9 Å². The van der Waals surface area contributed by atoms with Gasteiger partial charge in [0.15, 0.2) is 6.29 Å². The Morgan fingerprint density at radius 2 is 1.78 bits per heavy atom. The van der Waals surface area contributed by atoms with Crippen LogP contribution in [0.3, 0.4) is 0 Å². The maximum Gasteiger partial charge on any atom is 0.169 e. The summed E-state index contributed by atoms with van der Waals surface area (Å²) in [5.74, 6) is 0.753. The van der Waals surface area contributed by atoms with Crippen LogP contribution < -0.4 is 10.1 Å². The molecule has 1 aromatic carbocycles. The second-order valence-electron chi connectivity index (χ2n) is 3.84. The first kappa shape index (κ1) is 14.9. The molecule has 0 aliphatic rings. The van der Waals surface area contributed by atoms with Crippen LogP contribution in [0.15, 0.2) is 30.3 Å². The van der Waals surface area contributed by atoms with Gasteiger partial charge in [0.25, 0.3) is 0 Å². The number of ether oxygens (including phenoxy) is 3. The lowest BCUT2D eigenvalue weighted by Gasteiger charge is -2.16. The molecule has 0 radical (unpaired) electrons. The molecule has 1 rings (SSSR count). The Kier molecular flexibility index (Phi) is 7.36. The molecule has 0 heterocycles. The maximum atomic E-state index is 9.70. The number of benzene rings is 1. The van der Waals surface area contributed by atoms with Crippen LogP contribution in [0.5, 0.6) is 5.75 Å². The minimum Gasteiger partial charge on any atom is -0.491 e. The van der Waals surface area contributed by atoms with E-state index in [1.807, 2.05) is 30.3 Å². The van der Waals surface area contributed by atoms with Crippen molar-refractivity contribution >= 4 is 0 Å². The molecule has 102 valence electrons. The molecular formula is C13H21NO4. The van der Waals surface area contributed by atoms with Gasteiger partial charge >= 0.3 is 0 Å². The molecule has 0 aliphatic heterocycles. The monoisotopic (exact) mass is 255 g/mol. The van der Waals surface area contributed by atoms with E-state index in [1.165, 1.54) is 0 Å². The summed E-state index contributed by atoms with van der Waals surface area (Å²) >= 11 is 0. The molecule has 1 atom stereocenters. The molecule has 1 aromatic rings. The normalized spacial score (nSPS) is 12.7. The molecule has 0 spiro atoms. The Hall–Kier alpha value is -1.14. The highest BCUT2D eigenvalue weighted by Crippen LogP contribution is 2.08. The van der Waals surface area contributed by atoms with Gasteiger partial charge in [0.2, 0.25) is 0 Å². The molecular weight excluding hydrogens is 234 g/mol. The van der Waals surface area contributed by atoms with Crippen molar-refractivity contribution in [3.8, 4) is 5.75 Å². The maximum absolute atomic E-state index is 9.70. The quantitative estimate of drug-likeness (QED) is 0.634. The average Bonchev–Trinajstić information content (AvgIpc) is 2.42. The minimum absolute atomic E-state index is 0.252. The average molecular weight is 255 g/mol. The van der Waals surface area contributed by atoms with Gasteiger partial charge in [0, 0.05) is 27.3 Å². The molecule has 5 heteroatoms. The highest BCUT2D eigenvalue weighted by molar-refractivity contribution is 5.20. The predicted octanol–water partition coefficient (Wildman–Crippen LogP) is 0.635. The van der Waals surface area contributed by atoms with Crippen molar-refractivity contribution in [3.05, 3.63) is 30.3 Å². The van der Waals surface area contributed by atoms with Crippen molar-refractivity contribution < 1.29 is 19.3 Å². The van der Waals surface area contributed by atoms with Gasteiger partial charge in [-0.05, 0) is 12.1 Å². The standard InChI is InChI=1S/C13H21NO4/c1-16-13(17-2)9-14-8-11(15)10-18-12-6-4-3-5-7-12/h3-7,11,13-15H,8-10H2,1-2H3/t11-/m1/s1. The number of hydrogen-bond donors (Lipinski definition) is 2. The second kappa shape index (κ2) is 8.88. The summed E-state index contributed by atoms with van der Waals surface area (Å²) in [4.78, 5) is 0. The first-order valence-electron chi connectivity index (χ1n) is 5.88. The van der Waals surface area contributed by atoms with E-state index >= 15 is 0 Å². The third-order valence-electron chi connectivity index (χ3n) is 2.40. The van der Waals surface area contributed by atoms with Gasteiger partial charge in [-0.3, -0.25) is 0 Å². The SMILES string of the molecule is COC(CNC[C@@H](O)COc1ccccc1)OC. The molecule has 0 unspecified atom stereocenters. The first-order chi connectivity index (χ1) is 8.76. The minimum atomic E-state index is -0.570. The van der Waals surface area contributed by atoms with E-state index in [-0.39, 0.29) is 12.9 Å². The van der Waals surface area contributed by atoms with Crippen LogP contribution in [-0.4, -0.2) is 51.4 Å². The Morgan fingerprint density at radius 3 is 2.39 bits per heavy atom. The van der Waals surface area contributed by atoms with Gasteiger partial charge in [0.1, 0.15) is 18.5 Å². The zero-order valence-corrected chi connectivity index (χ0v) is 10.8. The van der Waals surface area contributed by atoms with E-state index < -0.39 is 6.10 Å². The lowest BCUT2D eigenvalue weighted by atomic mass is 10.3. The lowest BCUT2D eigenvalue weighted by Crippen LogP contribution is -2.37. The van der Waals surface area contributed by atoms with E-state index in [1.54, 1.807) is 14.2 Å². The Balaban J connectivity index is 2.12. The lowest BCUT2D eigenvalue weighted by molar-refractivity contribution is -0.0995. The van der Waals surface area contributed by atoms with Gasteiger partial charge in [-0.1, -0.05) is 18.2 Å². The molecule has 2 N–H and O–H groups in total. The number of hydrogen-bond acceptors (Lipinski definition) is 5. The van der Waals surface area contributed by atoms with Crippen molar-refractivity contribution in [2.45, 2.75) is 12.4 Å². The van der Waals surface area contributed by atoms with E-state index in [2.05, 4.69) is 5.32 Å². The van der Waals surface area contributed by atoms with Crippen LogP contribution in [0.4, 0.5) is 0 Å². The van der Waals surface area contributed by atoms with Gasteiger partial charge < -0.3 is 24.6 Å². The van der Waals surface area contributed by atoms with Crippen molar-refractivity contribution in [1.29, 1.82) is 0 Å². The molecule has 5 nitrogen and oxygen atoms in total. The van der Waals surface area contributed by atoms with Crippen LogP contribution in [0, 0.1) is 0 Å². The summed E-state index contributed by atoms with van der Waals surface area (Å²) in [6.45, 7) is 1.20. The molecule has 0 bridgehead atoms. The molecule has 0 aromatic heterocycles. The zero-order valence-electron chi connectivity index (χ0n) is 10.8. The van der Waals surface area contributed by atoms with Crippen LogP contribution >= 0.6 is 0 Å². The molecule has 0 saturated carbocycles. The third-order valence-corrected chi connectivity index (χ3v) is 2.40. The highest BCUT2D eigenvalue weighted by Gasteiger charge is 2.08. The summed E-state index contributed by atoms with van der Waals surface area (Å²) in [5, 5.41) is 12.7. The van der Waals surface area contributed by atoms with E-state index in [4.69, 9.17) is 14.2 Å². The van der Waals surface area contributed by atoms with Gasteiger partial charge in [-0.25, -0.2) is 0 Å². The summed E-state index contributed by atoms with van der Waals surface area (Å²) in [5.41, 5.74) is 0. The van der Waals surface area contributed by atoms with Crippen molar-refractivity contribution in [2.24, 2.45) is 0 Å². The van der Waals surface area contributed by atoms with Crippen LogP contribution in [0.1, 0.15) is 0 Å². The van der Waals surface area contributed by atoms with E-state index in [0.29, 0.717) is 13.1 Å². The zero-order chi connectivity index (χ0) is 13.2. The Bertz CT molecular complexity index is 303. The number of para-hydroxylation sites is 1. The van der Waals surface area contributed by atoms with Crippen LogP contribution in [0.2, 0.25) is 0 Å². The fraction of sp³-hybridized carbons (Fsp3) is 0.538. The highest BCUT2D eigenvalue weighted by atomic mass is 16.7. The largest absolute Gasteiger partial charge is 0.491 e. The van der Waals surface area contributed by atoms with Crippen LogP contribution in [-0.2, 0) is 9.47 Å². The molecule has 18 heavy (non-hydrogen) atoms. The molecule has 0 fully saturated rings. The number of rotatable bonds is 9. The fourth-order valence-electron chi connectivity index (χ4n) is 1.40. The van der Waals surface area contributed by atoms with Crippen LogP contribution in [0.25, 0.3) is 0 Å². The Labute approximate surface area is 108 Å². The number of nitrogens with one attached hydrogen (secondary N) is 1.